The quantitative estimate of drug-likeness (QED) is 0.382. The van der Waals surface area contributed by atoms with E-state index in [0.717, 1.165) is 16.5 Å². The van der Waals surface area contributed by atoms with Gasteiger partial charge in [-0.15, -0.1) is 10.2 Å². The molecule has 0 aliphatic heterocycles. The number of anilines is 1. The SMILES string of the molecule is CCn1c(CNC(=O)c2ccc(F)cc2)nnc1SCC(=O)Nc1ccc2ccccc2c1. The molecule has 2 N–H and O–H groups in total. The number of nitrogens with zero attached hydrogens (tertiary/aromatic N) is 3. The van der Waals surface area contributed by atoms with Gasteiger partial charge >= 0.3 is 0 Å². The molecule has 0 unspecified atom stereocenters. The summed E-state index contributed by atoms with van der Waals surface area (Å²) in [5.41, 5.74) is 1.10. The fraction of sp³-hybridized carbons (Fsp3) is 0.167. The third-order valence-corrected chi connectivity index (χ3v) is 5.96. The molecule has 0 aliphatic rings. The van der Waals surface area contributed by atoms with Gasteiger partial charge in [-0.05, 0) is 54.1 Å². The van der Waals surface area contributed by atoms with Crippen LogP contribution < -0.4 is 10.6 Å². The van der Waals surface area contributed by atoms with Gasteiger partial charge in [0.2, 0.25) is 5.91 Å². The Morgan fingerprint density at radius 3 is 2.52 bits per heavy atom. The van der Waals surface area contributed by atoms with Crippen LogP contribution in [-0.2, 0) is 17.9 Å². The number of amides is 2. The van der Waals surface area contributed by atoms with Crippen molar-refractivity contribution in [1.29, 1.82) is 0 Å². The van der Waals surface area contributed by atoms with E-state index in [0.29, 0.717) is 23.1 Å². The number of benzene rings is 3. The summed E-state index contributed by atoms with van der Waals surface area (Å²) in [5, 5.41) is 16.7. The molecule has 4 aromatic rings. The number of carbonyl (C=O) groups excluding carboxylic acids is 2. The average Bonchev–Trinajstić information content (AvgIpc) is 3.23. The molecule has 0 fully saturated rings. The standard InChI is InChI=1S/C24H22FN5O2S/c1-2-30-21(14-26-23(32)17-7-10-19(25)11-8-17)28-29-24(30)33-15-22(31)27-20-12-9-16-5-3-4-6-18(16)13-20/h3-13H,2,14-15H2,1H3,(H,26,32)(H,27,31). The Bertz CT molecular complexity index is 1290. The summed E-state index contributed by atoms with van der Waals surface area (Å²) in [6.45, 7) is 2.69. The first-order valence-corrected chi connectivity index (χ1v) is 11.4. The first kappa shape index (κ1) is 22.5. The van der Waals surface area contributed by atoms with Gasteiger partial charge in [0.05, 0.1) is 12.3 Å². The van der Waals surface area contributed by atoms with Gasteiger partial charge in [-0.1, -0.05) is 42.1 Å². The highest BCUT2D eigenvalue weighted by atomic mass is 32.2. The monoisotopic (exact) mass is 463 g/mol. The van der Waals surface area contributed by atoms with Gasteiger partial charge in [0.15, 0.2) is 11.0 Å². The molecular formula is C24H22FN5O2S. The maximum atomic E-state index is 13.0. The van der Waals surface area contributed by atoms with Gasteiger partial charge in [0.25, 0.3) is 5.91 Å². The van der Waals surface area contributed by atoms with Gasteiger partial charge in [0, 0.05) is 17.8 Å². The average molecular weight is 464 g/mol. The summed E-state index contributed by atoms with van der Waals surface area (Å²) in [6.07, 6.45) is 0. The van der Waals surface area contributed by atoms with Crippen molar-refractivity contribution in [2.45, 2.75) is 25.2 Å². The lowest BCUT2D eigenvalue weighted by atomic mass is 10.1. The van der Waals surface area contributed by atoms with Gasteiger partial charge < -0.3 is 15.2 Å². The van der Waals surface area contributed by atoms with Gasteiger partial charge in [-0.3, -0.25) is 9.59 Å². The molecule has 1 aromatic heterocycles. The number of aromatic nitrogens is 3. The van der Waals surface area contributed by atoms with Crippen LogP contribution in [0.25, 0.3) is 10.8 Å². The molecule has 1 heterocycles. The molecule has 3 aromatic carbocycles. The van der Waals surface area contributed by atoms with Gasteiger partial charge in [0.1, 0.15) is 5.82 Å². The Hall–Kier alpha value is -3.72. The highest BCUT2D eigenvalue weighted by Gasteiger charge is 2.15. The number of carbonyl (C=O) groups is 2. The second-order valence-corrected chi connectivity index (χ2v) is 8.17. The molecule has 0 aliphatic carbocycles. The number of fused-ring (bicyclic) bond motifs is 1. The Morgan fingerprint density at radius 1 is 1.00 bits per heavy atom. The first-order chi connectivity index (χ1) is 16.0. The van der Waals surface area contributed by atoms with E-state index in [2.05, 4.69) is 20.8 Å². The van der Waals surface area contributed by atoms with Crippen LogP contribution in [0.15, 0.2) is 71.9 Å². The van der Waals surface area contributed by atoms with Crippen molar-refractivity contribution in [3.05, 3.63) is 83.9 Å². The molecule has 0 bridgehead atoms. The van der Waals surface area contributed by atoms with Crippen LogP contribution in [0, 0.1) is 5.82 Å². The first-order valence-electron chi connectivity index (χ1n) is 10.4. The Labute approximate surface area is 194 Å². The van der Waals surface area contributed by atoms with E-state index in [1.807, 2.05) is 54.0 Å². The second kappa shape index (κ2) is 10.3. The van der Waals surface area contributed by atoms with Crippen molar-refractivity contribution in [3.8, 4) is 0 Å². The number of hydrogen-bond acceptors (Lipinski definition) is 5. The highest BCUT2D eigenvalue weighted by molar-refractivity contribution is 7.99. The lowest BCUT2D eigenvalue weighted by molar-refractivity contribution is -0.113. The fourth-order valence-corrected chi connectivity index (χ4v) is 4.15. The van der Waals surface area contributed by atoms with E-state index in [4.69, 9.17) is 0 Å². The Kier molecular flexibility index (Phi) is 6.99. The van der Waals surface area contributed by atoms with Crippen molar-refractivity contribution in [2.24, 2.45) is 0 Å². The predicted octanol–water partition coefficient (Wildman–Crippen LogP) is 4.25. The summed E-state index contributed by atoms with van der Waals surface area (Å²) in [4.78, 5) is 24.7. The summed E-state index contributed by atoms with van der Waals surface area (Å²) in [6, 6.07) is 19.1. The summed E-state index contributed by atoms with van der Waals surface area (Å²) in [5.74, 6) is -0.127. The van der Waals surface area contributed by atoms with E-state index in [9.17, 15) is 14.0 Å². The number of thioether (sulfide) groups is 1. The minimum Gasteiger partial charge on any atom is -0.345 e. The molecule has 0 saturated carbocycles. The van der Waals surface area contributed by atoms with Crippen molar-refractivity contribution < 1.29 is 14.0 Å². The molecule has 33 heavy (non-hydrogen) atoms. The zero-order valence-electron chi connectivity index (χ0n) is 17.9. The molecule has 168 valence electrons. The number of halogens is 1. The largest absolute Gasteiger partial charge is 0.345 e. The number of rotatable bonds is 8. The summed E-state index contributed by atoms with van der Waals surface area (Å²) in [7, 11) is 0. The predicted molar refractivity (Wildman–Crippen MR) is 127 cm³/mol. The van der Waals surface area contributed by atoms with E-state index in [1.54, 1.807) is 0 Å². The van der Waals surface area contributed by atoms with E-state index in [1.165, 1.54) is 36.0 Å². The highest BCUT2D eigenvalue weighted by Crippen LogP contribution is 2.21. The van der Waals surface area contributed by atoms with Crippen LogP contribution in [0.4, 0.5) is 10.1 Å². The lowest BCUT2D eigenvalue weighted by Gasteiger charge is -2.09. The normalized spacial score (nSPS) is 10.8. The number of nitrogens with one attached hydrogen (secondary N) is 2. The minimum atomic E-state index is -0.399. The van der Waals surface area contributed by atoms with Crippen LogP contribution in [0.3, 0.4) is 0 Å². The van der Waals surface area contributed by atoms with Crippen LogP contribution in [0.1, 0.15) is 23.1 Å². The molecule has 7 nitrogen and oxygen atoms in total. The van der Waals surface area contributed by atoms with E-state index < -0.39 is 5.82 Å². The van der Waals surface area contributed by atoms with Crippen molar-refractivity contribution in [1.82, 2.24) is 20.1 Å². The molecule has 0 spiro atoms. The van der Waals surface area contributed by atoms with Crippen LogP contribution in [0.2, 0.25) is 0 Å². The Morgan fingerprint density at radius 2 is 1.76 bits per heavy atom. The zero-order valence-corrected chi connectivity index (χ0v) is 18.7. The van der Waals surface area contributed by atoms with Gasteiger partial charge in [-0.2, -0.15) is 0 Å². The van der Waals surface area contributed by atoms with Crippen molar-refractivity contribution in [2.75, 3.05) is 11.1 Å². The van der Waals surface area contributed by atoms with Crippen LogP contribution in [0.5, 0.6) is 0 Å². The maximum absolute atomic E-state index is 13.0. The zero-order chi connectivity index (χ0) is 23.2. The molecule has 0 saturated heterocycles. The van der Waals surface area contributed by atoms with Crippen LogP contribution in [-0.4, -0.2) is 32.3 Å². The lowest BCUT2D eigenvalue weighted by Crippen LogP contribution is -2.24. The topological polar surface area (TPSA) is 88.9 Å². The minimum absolute atomic E-state index is 0.146. The molecular weight excluding hydrogens is 441 g/mol. The summed E-state index contributed by atoms with van der Waals surface area (Å²) < 4.78 is 14.9. The van der Waals surface area contributed by atoms with E-state index >= 15 is 0 Å². The molecule has 2 amide bonds. The smallest absolute Gasteiger partial charge is 0.251 e. The third-order valence-electron chi connectivity index (χ3n) is 4.99. The number of hydrogen-bond donors (Lipinski definition) is 2. The second-order valence-electron chi connectivity index (χ2n) is 7.23. The van der Waals surface area contributed by atoms with E-state index in [-0.39, 0.29) is 24.1 Å². The Balaban J connectivity index is 1.33. The molecule has 4 rings (SSSR count). The fourth-order valence-electron chi connectivity index (χ4n) is 3.33. The van der Waals surface area contributed by atoms with Crippen LogP contribution >= 0.6 is 11.8 Å². The maximum Gasteiger partial charge on any atom is 0.251 e. The van der Waals surface area contributed by atoms with Crippen molar-refractivity contribution in [3.63, 3.8) is 0 Å². The molecule has 0 atom stereocenters. The molecule has 0 radical (unpaired) electrons. The third kappa shape index (κ3) is 5.56. The summed E-state index contributed by atoms with van der Waals surface area (Å²) >= 11 is 1.28. The molecule has 9 heteroatoms. The van der Waals surface area contributed by atoms with Crippen molar-refractivity contribution >= 4 is 40.0 Å². The van der Waals surface area contributed by atoms with Gasteiger partial charge in [-0.25, -0.2) is 4.39 Å².